The first-order chi connectivity index (χ1) is 8.84. The predicted molar refractivity (Wildman–Crippen MR) is 75.3 cm³/mol. The SMILES string of the molecule is CCC12CNc3cccc(c31)[C@H]1CCCN[C@@H]1C2. The van der Waals surface area contributed by atoms with E-state index in [1.807, 2.05) is 0 Å². The van der Waals surface area contributed by atoms with Gasteiger partial charge >= 0.3 is 0 Å². The van der Waals surface area contributed by atoms with E-state index in [0.717, 1.165) is 12.5 Å². The van der Waals surface area contributed by atoms with E-state index in [4.69, 9.17) is 0 Å². The van der Waals surface area contributed by atoms with E-state index in [9.17, 15) is 0 Å². The molecule has 2 heterocycles. The minimum absolute atomic E-state index is 0.400. The Balaban J connectivity index is 1.90. The minimum atomic E-state index is 0.400. The molecular weight excluding hydrogens is 220 g/mol. The molecule has 0 saturated carbocycles. The summed E-state index contributed by atoms with van der Waals surface area (Å²) < 4.78 is 0. The largest absolute Gasteiger partial charge is 0.384 e. The van der Waals surface area contributed by atoms with E-state index < -0.39 is 0 Å². The number of piperidine rings is 1. The lowest BCUT2D eigenvalue weighted by atomic mass is 9.62. The Morgan fingerprint density at radius 3 is 3.22 bits per heavy atom. The molecule has 1 aromatic rings. The van der Waals surface area contributed by atoms with Gasteiger partial charge in [0.25, 0.3) is 0 Å². The van der Waals surface area contributed by atoms with Gasteiger partial charge in [0, 0.05) is 23.7 Å². The van der Waals surface area contributed by atoms with Crippen molar-refractivity contribution in [1.29, 1.82) is 0 Å². The van der Waals surface area contributed by atoms with Crippen LogP contribution < -0.4 is 10.6 Å². The van der Waals surface area contributed by atoms with Crippen LogP contribution in [-0.4, -0.2) is 19.1 Å². The van der Waals surface area contributed by atoms with Crippen molar-refractivity contribution in [3.8, 4) is 0 Å². The monoisotopic (exact) mass is 242 g/mol. The lowest BCUT2D eigenvalue weighted by molar-refractivity contribution is 0.245. The summed E-state index contributed by atoms with van der Waals surface area (Å²) in [6, 6.07) is 7.61. The van der Waals surface area contributed by atoms with E-state index in [1.165, 1.54) is 37.9 Å². The van der Waals surface area contributed by atoms with Gasteiger partial charge in [-0.05, 0) is 55.3 Å². The smallest absolute Gasteiger partial charge is 0.0382 e. The van der Waals surface area contributed by atoms with Crippen molar-refractivity contribution in [2.45, 2.75) is 50.0 Å². The molecule has 0 amide bonds. The third kappa shape index (κ3) is 1.27. The van der Waals surface area contributed by atoms with Crippen LogP contribution in [0.2, 0.25) is 0 Å². The van der Waals surface area contributed by atoms with Gasteiger partial charge in [0.15, 0.2) is 0 Å². The molecule has 2 aliphatic heterocycles. The maximum absolute atomic E-state index is 3.78. The average Bonchev–Trinajstić information content (AvgIpc) is 2.80. The fraction of sp³-hybridized carbons (Fsp3) is 0.625. The van der Waals surface area contributed by atoms with Crippen LogP contribution in [0.4, 0.5) is 5.69 Å². The third-order valence-corrected chi connectivity index (χ3v) is 5.52. The molecule has 2 N–H and O–H groups in total. The summed E-state index contributed by atoms with van der Waals surface area (Å²) in [5.41, 5.74) is 5.12. The predicted octanol–water partition coefficient (Wildman–Crippen LogP) is 3.00. The van der Waals surface area contributed by atoms with Crippen molar-refractivity contribution in [2.75, 3.05) is 18.4 Å². The highest BCUT2D eigenvalue weighted by atomic mass is 15.0. The number of nitrogens with one attached hydrogen (secondary N) is 2. The normalized spacial score (nSPS) is 36.7. The Kier molecular flexibility index (Phi) is 2.25. The number of hydrogen-bond donors (Lipinski definition) is 2. The Morgan fingerprint density at radius 1 is 1.39 bits per heavy atom. The second kappa shape index (κ2) is 3.74. The molecule has 4 rings (SSSR count). The molecule has 96 valence electrons. The molecule has 1 unspecified atom stereocenters. The van der Waals surface area contributed by atoms with Gasteiger partial charge in [-0.25, -0.2) is 0 Å². The summed E-state index contributed by atoms with van der Waals surface area (Å²) in [4.78, 5) is 0. The van der Waals surface area contributed by atoms with Crippen LogP contribution in [0.3, 0.4) is 0 Å². The van der Waals surface area contributed by atoms with Crippen LogP contribution in [0.25, 0.3) is 0 Å². The van der Waals surface area contributed by atoms with Crippen molar-refractivity contribution in [3.05, 3.63) is 29.3 Å². The summed E-state index contributed by atoms with van der Waals surface area (Å²) in [5, 5.41) is 7.44. The molecule has 1 aliphatic carbocycles. The van der Waals surface area contributed by atoms with Crippen molar-refractivity contribution >= 4 is 5.69 Å². The second-order valence-electron chi connectivity index (χ2n) is 6.27. The molecule has 1 fully saturated rings. The Hall–Kier alpha value is -1.02. The zero-order chi connectivity index (χ0) is 12.2. The summed E-state index contributed by atoms with van der Waals surface area (Å²) in [6.45, 7) is 4.71. The second-order valence-corrected chi connectivity index (χ2v) is 6.27. The van der Waals surface area contributed by atoms with E-state index >= 15 is 0 Å². The molecule has 3 aliphatic rings. The first-order valence-electron chi connectivity index (χ1n) is 7.45. The summed E-state index contributed by atoms with van der Waals surface area (Å²) >= 11 is 0. The van der Waals surface area contributed by atoms with Gasteiger partial charge in [-0.3, -0.25) is 0 Å². The molecule has 2 heteroatoms. The quantitative estimate of drug-likeness (QED) is 0.791. The maximum Gasteiger partial charge on any atom is 0.0382 e. The lowest BCUT2D eigenvalue weighted by Crippen LogP contribution is -2.49. The third-order valence-electron chi connectivity index (χ3n) is 5.52. The number of anilines is 1. The van der Waals surface area contributed by atoms with E-state index in [1.54, 1.807) is 11.1 Å². The van der Waals surface area contributed by atoms with Gasteiger partial charge in [-0.1, -0.05) is 19.1 Å². The number of benzene rings is 1. The number of hydrogen-bond acceptors (Lipinski definition) is 2. The van der Waals surface area contributed by atoms with E-state index in [-0.39, 0.29) is 0 Å². The van der Waals surface area contributed by atoms with Crippen LogP contribution >= 0.6 is 0 Å². The molecular formula is C16H22N2. The first-order valence-corrected chi connectivity index (χ1v) is 7.45. The fourth-order valence-corrected chi connectivity index (χ4v) is 4.55. The topological polar surface area (TPSA) is 24.1 Å². The van der Waals surface area contributed by atoms with E-state index in [0.29, 0.717) is 11.5 Å². The summed E-state index contributed by atoms with van der Waals surface area (Å²) in [5.74, 6) is 0.758. The molecule has 1 aromatic carbocycles. The Morgan fingerprint density at radius 2 is 2.33 bits per heavy atom. The Bertz CT molecular complexity index is 482. The van der Waals surface area contributed by atoms with Crippen molar-refractivity contribution < 1.29 is 0 Å². The first kappa shape index (κ1) is 10.9. The van der Waals surface area contributed by atoms with Crippen LogP contribution in [0.15, 0.2) is 18.2 Å². The van der Waals surface area contributed by atoms with Gasteiger partial charge in [-0.2, -0.15) is 0 Å². The number of rotatable bonds is 1. The van der Waals surface area contributed by atoms with Crippen molar-refractivity contribution in [2.24, 2.45) is 0 Å². The van der Waals surface area contributed by atoms with Gasteiger partial charge in [0.2, 0.25) is 0 Å². The molecule has 0 aromatic heterocycles. The van der Waals surface area contributed by atoms with Gasteiger partial charge in [0.1, 0.15) is 0 Å². The van der Waals surface area contributed by atoms with Gasteiger partial charge in [0.05, 0.1) is 0 Å². The highest BCUT2D eigenvalue weighted by Crippen LogP contribution is 2.52. The van der Waals surface area contributed by atoms with Crippen LogP contribution in [0.5, 0.6) is 0 Å². The highest BCUT2D eigenvalue weighted by molar-refractivity contribution is 5.65. The van der Waals surface area contributed by atoms with E-state index in [2.05, 4.69) is 35.8 Å². The minimum Gasteiger partial charge on any atom is -0.384 e. The fourth-order valence-electron chi connectivity index (χ4n) is 4.55. The van der Waals surface area contributed by atoms with Gasteiger partial charge in [-0.15, -0.1) is 0 Å². The zero-order valence-corrected chi connectivity index (χ0v) is 11.1. The maximum atomic E-state index is 3.78. The molecule has 0 bridgehead atoms. The van der Waals surface area contributed by atoms with Crippen molar-refractivity contribution in [1.82, 2.24) is 5.32 Å². The number of fused-ring (bicyclic) bond motifs is 2. The van der Waals surface area contributed by atoms with Crippen LogP contribution in [0, 0.1) is 0 Å². The lowest BCUT2D eigenvalue weighted by Gasteiger charge is -2.45. The summed E-state index contributed by atoms with van der Waals surface area (Å²) in [7, 11) is 0. The van der Waals surface area contributed by atoms with Crippen molar-refractivity contribution in [3.63, 3.8) is 0 Å². The standard InChI is InChI=1S/C16H22N2/c1-2-16-9-14-11(6-4-8-17-14)12-5-3-7-13(15(12)16)18-10-16/h3,5,7,11,14,17-18H,2,4,6,8-10H2,1H3/t11-,14-,16?/m1/s1. The Labute approximate surface area is 109 Å². The molecule has 0 spiro atoms. The molecule has 3 atom stereocenters. The summed E-state index contributed by atoms with van der Waals surface area (Å²) in [6.07, 6.45) is 5.28. The van der Waals surface area contributed by atoms with Gasteiger partial charge < -0.3 is 10.6 Å². The highest BCUT2D eigenvalue weighted by Gasteiger charge is 2.48. The molecule has 2 nitrogen and oxygen atoms in total. The van der Waals surface area contributed by atoms with Crippen LogP contribution in [-0.2, 0) is 5.41 Å². The average molecular weight is 242 g/mol. The molecule has 18 heavy (non-hydrogen) atoms. The zero-order valence-electron chi connectivity index (χ0n) is 11.1. The molecule has 1 saturated heterocycles. The molecule has 0 radical (unpaired) electrons. The van der Waals surface area contributed by atoms with Crippen LogP contribution in [0.1, 0.15) is 49.7 Å².